The van der Waals surface area contributed by atoms with E-state index < -0.39 is 0 Å². The fourth-order valence-electron chi connectivity index (χ4n) is 0.687. The van der Waals surface area contributed by atoms with Crippen LogP contribution in [0.15, 0.2) is 36.1 Å². The molecule has 13 heavy (non-hydrogen) atoms. The smallest absolute Gasteiger partial charge is 0.0357 e. The third kappa shape index (κ3) is 7.38. The molecule has 0 radical (unpaired) electrons. The van der Waals surface area contributed by atoms with Gasteiger partial charge in [0.25, 0.3) is 0 Å². The van der Waals surface area contributed by atoms with Crippen LogP contribution >= 0.6 is 0 Å². The highest BCUT2D eigenvalue weighted by molar-refractivity contribution is 5.26. The predicted octanol–water partition coefficient (Wildman–Crippen LogP) is 3.61. The molecule has 0 aromatic carbocycles. The molecule has 0 aromatic heterocycles. The van der Waals surface area contributed by atoms with Crippen molar-refractivity contribution in [2.45, 2.75) is 27.7 Å². The average molecular weight is 181 g/mol. The molecule has 0 spiro atoms. The topological polar surface area (TPSA) is 3.24 Å². The van der Waals surface area contributed by atoms with Gasteiger partial charge < -0.3 is 4.90 Å². The average Bonchev–Trinajstić information content (AvgIpc) is 2.16. The van der Waals surface area contributed by atoms with Crippen LogP contribution in [0, 0.1) is 0 Å². The van der Waals surface area contributed by atoms with Gasteiger partial charge in [-0.25, -0.2) is 0 Å². The Morgan fingerprint density at radius 1 is 1.23 bits per heavy atom. The van der Waals surface area contributed by atoms with E-state index in [4.69, 9.17) is 0 Å². The molecule has 1 heteroatoms. The fraction of sp³-hybridized carbons (Fsp3) is 0.500. The zero-order valence-corrected chi connectivity index (χ0v) is 9.89. The monoisotopic (exact) mass is 181 g/mol. The van der Waals surface area contributed by atoms with Crippen LogP contribution in [0.5, 0.6) is 0 Å². The van der Waals surface area contributed by atoms with Crippen LogP contribution in [0.1, 0.15) is 27.7 Å². The van der Waals surface area contributed by atoms with E-state index in [-0.39, 0.29) is 0 Å². The number of hydrogen-bond donors (Lipinski definition) is 0. The molecule has 0 rings (SSSR count). The number of likely N-dealkylation sites (N-methyl/N-ethyl adjacent to an activating group) is 1. The Kier molecular flexibility index (Phi) is 10.2. The lowest BCUT2D eigenvalue weighted by Crippen LogP contribution is -2.08. The Hall–Kier alpha value is -0.980. The summed E-state index contributed by atoms with van der Waals surface area (Å²) in [5, 5.41) is 0. The van der Waals surface area contributed by atoms with E-state index in [0.29, 0.717) is 0 Å². The van der Waals surface area contributed by atoms with Crippen molar-refractivity contribution in [3.05, 3.63) is 36.1 Å². The van der Waals surface area contributed by atoms with Gasteiger partial charge >= 0.3 is 0 Å². The van der Waals surface area contributed by atoms with Crippen molar-refractivity contribution in [2.24, 2.45) is 0 Å². The maximum atomic E-state index is 3.73. The molecule has 0 N–H and O–H groups in total. The Morgan fingerprint density at radius 3 is 1.92 bits per heavy atom. The maximum Gasteiger partial charge on any atom is 0.0357 e. The molecular weight excluding hydrogens is 158 g/mol. The Bertz CT molecular complexity index is 185. The number of nitrogens with zero attached hydrogens (tertiary/aromatic N) is 1. The van der Waals surface area contributed by atoms with Gasteiger partial charge in [-0.15, -0.1) is 0 Å². The summed E-state index contributed by atoms with van der Waals surface area (Å²) >= 11 is 0. The van der Waals surface area contributed by atoms with Crippen LogP contribution in [-0.2, 0) is 0 Å². The lowest BCUT2D eigenvalue weighted by atomic mass is 10.2. The van der Waals surface area contributed by atoms with Gasteiger partial charge in [0.15, 0.2) is 0 Å². The van der Waals surface area contributed by atoms with E-state index in [0.717, 1.165) is 5.70 Å². The first-order chi connectivity index (χ1) is 6.11. The molecule has 0 aliphatic heterocycles. The van der Waals surface area contributed by atoms with E-state index >= 15 is 0 Å². The Labute approximate surface area is 83.5 Å². The van der Waals surface area contributed by atoms with Crippen LogP contribution in [0.25, 0.3) is 0 Å². The van der Waals surface area contributed by atoms with Gasteiger partial charge in [-0.3, -0.25) is 0 Å². The molecule has 0 fully saturated rings. The van der Waals surface area contributed by atoms with Crippen LogP contribution < -0.4 is 0 Å². The molecular formula is C12H23N. The molecule has 0 aromatic rings. The summed E-state index contributed by atoms with van der Waals surface area (Å²) in [6, 6.07) is 0. The first kappa shape index (κ1) is 14.5. The Morgan fingerprint density at radius 2 is 1.69 bits per heavy atom. The zero-order valence-electron chi connectivity index (χ0n) is 9.89. The summed E-state index contributed by atoms with van der Waals surface area (Å²) in [7, 11) is 4.02. The van der Waals surface area contributed by atoms with Crippen LogP contribution in [0.3, 0.4) is 0 Å². The highest BCUT2D eigenvalue weighted by Crippen LogP contribution is 2.04. The maximum absolute atomic E-state index is 3.73. The summed E-state index contributed by atoms with van der Waals surface area (Å²) in [6.07, 6.45) is 6.03. The molecule has 1 nitrogen and oxygen atoms in total. The van der Waals surface area contributed by atoms with E-state index in [1.807, 2.05) is 45.8 Å². The van der Waals surface area contributed by atoms with Gasteiger partial charge in [-0.1, -0.05) is 32.1 Å². The highest BCUT2D eigenvalue weighted by Gasteiger charge is 1.91. The summed E-state index contributed by atoms with van der Waals surface area (Å²) in [5.74, 6) is 0. The van der Waals surface area contributed by atoms with Crippen molar-refractivity contribution in [2.75, 3.05) is 14.1 Å². The van der Waals surface area contributed by atoms with Crippen molar-refractivity contribution in [3.63, 3.8) is 0 Å². The third-order valence-electron chi connectivity index (χ3n) is 1.56. The van der Waals surface area contributed by atoms with E-state index in [2.05, 4.69) is 25.7 Å². The molecule has 0 saturated heterocycles. The lowest BCUT2D eigenvalue weighted by Gasteiger charge is -2.13. The fourth-order valence-corrected chi connectivity index (χ4v) is 0.687. The van der Waals surface area contributed by atoms with E-state index in [1.54, 1.807) is 0 Å². The first-order valence-corrected chi connectivity index (χ1v) is 4.76. The van der Waals surface area contributed by atoms with Gasteiger partial charge in [-0.05, 0) is 26.0 Å². The second-order valence-electron chi connectivity index (χ2n) is 2.70. The lowest BCUT2D eigenvalue weighted by molar-refractivity contribution is 0.530. The molecule has 0 heterocycles. The Balaban J connectivity index is 0. The van der Waals surface area contributed by atoms with Gasteiger partial charge in [-0.2, -0.15) is 0 Å². The second-order valence-corrected chi connectivity index (χ2v) is 2.70. The zero-order chi connectivity index (χ0) is 10.9. The van der Waals surface area contributed by atoms with Crippen molar-refractivity contribution in [3.8, 4) is 0 Å². The molecule has 0 bridgehead atoms. The van der Waals surface area contributed by atoms with Gasteiger partial charge in [0.1, 0.15) is 0 Å². The van der Waals surface area contributed by atoms with Crippen LogP contribution in [0.2, 0.25) is 0 Å². The minimum absolute atomic E-state index is 1.14. The van der Waals surface area contributed by atoms with Crippen molar-refractivity contribution in [1.29, 1.82) is 0 Å². The van der Waals surface area contributed by atoms with E-state index in [1.165, 1.54) is 5.57 Å². The van der Waals surface area contributed by atoms with Gasteiger partial charge in [0.2, 0.25) is 0 Å². The molecule has 0 unspecified atom stereocenters. The molecule has 0 aliphatic rings. The van der Waals surface area contributed by atoms with Crippen molar-refractivity contribution < 1.29 is 0 Å². The van der Waals surface area contributed by atoms with Crippen molar-refractivity contribution >= 4 is 0 Å². The summed E-state index contributed by atoms with van der Waals surface area (Å²) in [5.41, 5.74) is 2.40. The standard InChI is InChI=1S/C10H17N.C2H6/c1-6-9(3)8-10(7-2)11(4)5;1-2/h6-8H,2H2,1,3-5H3;1-2H3/b9-6-,10-8+;. The SMILES string of the molecule is C=C/C(=C\C(C)=C/C)N(C)C.CC. The summed E-state index contributed by atoms with van der Waals surface area (Å²) < 4.78 is 0. The largest absolute Gasteiger partial charge is 0.378 e. The normalized spacial score (nSPS) is 11.5. The van der Waals surface area contributed by atoms with Gasteiger partial charge in [0.05, 0.1) is 0 Å². The number of allylic oxidation sites excluding steroid dienone is 4. The van der Waals surface area contributed by atoms with Gasteiger partial charge in [0, 0.05) is 19.8 Å². The summed E-state index contributed by atoms with van der Waals surface area (Å²) in [4.78, 5) is 2.04. The molecule has 0 aliphatic carbocycles. The molecule has 0 amide bonds. The predicted molar refractivity (Wildman–Crippen MR) is 62.7 cm³/mol. The number of rotatable bonds is 3. The minimum Gasteiger partial charge on any atom is -0.378 e. The van der Waals surface area contributed by atoms with Crippen LogP contribution in [-0.4, -0.2) is 19.0 Å². The number of hydrogen-bond acceptors (Lipinski definition) is 1. The third-order valence-corrected chi connectivity index (χ3v) is 1.56. The second kappa shape index (κ2) is 9.11. The van der Waals surface area contributed by atoms with Crippen molar-refractivity contribution in [1.82, 2.24) is 4.90 Å². The van der Waals surface area contributed by atoms with E-state index in [9.17, 15) is 0 Å². The minimum atomic E-state index is 1.14. The highest BCUT2D eigenvalue weighted by atomic mass is 15.1. The molecule has 76 valence electrons. The quantitative estimate of drug-likeness (QED) is 0.601. The molecule has 0 atom stereocenters. The first-order valence-electron chi connectivity index (χ1n) is 4.76. The molecule has 0 saturated carbocycles. The van der Waals surface area contributed by atoms with Crippen LogP contribution in [0.4, 0.5) is 0 Å². The summed E-state index contributed by atoms with van der Waals surface area (Å²) in [6.45, 7) is 11.8.